The molecule has 1 aliphatic heterocycles. The Hall–Kier alpha value is -1.75. The third-order valence-electron chi connectivity index (χ3n) is 5.59. The van der Waals surface area contributed by atoms with E-state index in [-0.39, 0.29) is 40.7 Å². The van der Waals surface area contributed by atoms with Crippen LogP contribution >= 0.6 is 11.3 Å². The van der Waals surface area contributed by atoms with Crippen molar-refractivity contribution in [2.75, 3.05) is 32.8 Å². The molecule has 0 amide bonds. The maximum Gasteiger partial charge on any atom is 1.00 e. The van der Waals surface area contributed by atoms with Crippen LogP contribution in [0.1, 0.15) is 12.1 Å². The first-order chi connectivity index (χ1) is 14.6. The Balaban J connectivity index is 0.00000231. The molecule has 1 aromatic carbocycles. The van der Waals surface area contributed by atoms with Crippen LogP contribution in [0.2, 0.25) is 0 Å². The van der Waals surface area contributed by atoms with Crippen molar-refractivity contribution in [3.05, 3.63) is 56.7 Å². The van der Waals surface area contributed by atoms with Crippen LogP contribution in [0, 0.1) is 6.92 Å². The van der Waals surface area contributed by atoms with Crippen molar-refractivity contribution < 1.29 is 34.3 Å². The number of pyridine rings is 1. The molecule has 1 fully saturated rings. The molecule has 31 heavy (non-hydrogen) atoms. The summed E-state index contributed by atoms with van der Waals surface area (Å²) >= 11 is 1.41. The fourth-order valence-electron chi connectivity index (χ4n) is 3.99. The first-order valence-corrected chi connectivity index (χ1v) is 10.9. The Bertz CT molecular complexity index is 1300. The average molecular weight is 447 g/mol. The second-order valence-electron chi connectivity index (χ2n) is 7.47. The van der Waals surface area contributed by atoms with E-state index in [2.05, 4.69) is 15.0 Å². The molecular weight excluding hydrogens is 425 g/mol. The van der Waals surface area contributed by atoms with Crippen molar-refractivity contribution in [2.45, 2.75) is 19.9 Å². The molecule has 0 saturated carbocycles. The van der Waals surface area contributed by atoms with Crippen LogP contribution in [0.4, 0.5) is 0 Å². The summed E-state index contributed by atoms with van der Waals surface area (Å²) in [4.78, 5) is 32.7. The Kier molecular flexibility index (Phi) is 6.80. The number of aryl methyl sites for hydroxylation is 1. The molecule has 1 aliphatic rings. The molecule has 156 valence electrons. The number of benzene rings is 1. The van der Waals surface area contributed by atoms with E-state index >= 15 is 0 Å². The van der Waals surface area contributed by atoms with Crippen molar-refractivity contribution in [1.29, 1.82) is 0 Å². The minimum atomic E-state index is -0.233. The maximum absolute atomic E-state index is 13.1. The normalized spacial score (nSPS) is 14.9. The van der Waals surface area contributed by atoms with Crippen LogP contribution < -0.4 is 45.8 Å². The number of para-hydroxylation sites is 1. The van der Waals surface area contributed by atoms with Gasteiger partial charge in [0.1, 0.15) is 0 Å². The largest absolute Gasteiger partial charge is 1.00 e. The zero-order chi connectivity index (χ0) is 20.7. The van der Waals surface area contributed by atoms with Gasteiger partial charge in [0.25, 0.3) is 0 Å². The summed E-state index contributed by atoms with van der Waals surface area (Å²) in [7, 11) is 0. The van der Waals surface area contributed by atoms with Gasteiger partial charge in [0.05, 0.1) is 23.4 Å². The Morgan fingerprint density at radius 3 is 2.71 bits per heavy atom. The number of aromatic nitrogens is 4. The predicted octanol–water partition coefficient (Wildman–Crippen LogP) is -1.25. The Morgan fingerprint density at radius 2 is 1.94 bits per heavy atom. The van der Waals surface area contributed by atoms with Crippen LogP contribution in [0.15, 0.2) is 39.9 Å². The fraction of sp³-hybridized carbons (Fsp3) is 0.381. The summed E-state index contributed by atoms with van der Waals surface area (Å²) in [6, 6.07) is 9.19. The van der Waals surface area contributed by atoms with Crippen molar-refractivity contribution in [1.82, 2.24) is 24.2 Å². The number of fused-ring (bicyclic) bond motifs is 2. The molecule has 0 N–H and O–H groups in total. The number of thiazole rings is 1. The molecule has 0 atom stereocenters. The molecule has 0 unspecified atom stereocenters. The molecule has 10 heteroatoms. The number of rotatable bonds is 5. The van der Waals surface area contributed by atoms with Crippen LogP contribution in [-0.4, -0.2) is 52.0 Å². The summed E-state index contributed by atoms with van der Waals surface area (Å²) < 4.78 is 9.38. The van der Waals surface area contributed by atoms with Gasteiger partial charge in [0.15, 0.2) is 5.13 Å². The van der Waals surface area contributed by atoms with E-state index in [9.17, 15) is 9.59 Å². The topological polar surface area (TPSA) is 83.5 Å². The molecule has 0 bridgehead atoms. The summed E-state index contributed by atoms with van der Waals surface area (Å²) in [6.07, 6.45) is 0.840. The standard InChI is InChI=1S/C21H23N5O3S.Na/c1-14-19-16(13-18(27)25(14)8-4-7-24-9-11-29-12-10-24)23-26(20(19)28)21-22-15-5-2-3-6-17(15)30-21;/h2-3,5-6,13H,4,7-12H2,1H3,(H,23,27);/q;+1/p-1. The number of ether oxygens (including phenoxy) is 1. The van der Waals surface area contributed by atoms with Gasteiger partial charge < -0.3 is 19.1 Å². The van der Waals surface area contributed by atoms with Crippen LogP contribution in [0.5, 0.6) is 0 Å². The van der Waals surface area contributed by atoms with Crippen molar-refractivity contribution in [3.63, 3.8) is 0 Å². The quantitative estimate of drug-likeness (QED) is 0.356. The van der Waals surface area contributed by atoms with Crippen molar-refractivity contribution >= 4 is 32.5 Å². The number of nitrogens with zero attached hydrogens (tertiary/aromatic N) is 5. The van der Waals surface area contributed by atoms with Gasteiger partial charge in [-0.3, -0.25) is 14.5 Å². The molecule has 5 rings (SSSR count). The van der Waals surface area contributed by atoms with E-state index in [1.54, 1.807) is 4.57 Å². The van der Waals surface area contributed by atoms with Gasteiger partial charge in [0.2, 0.25) is 11.1 Å². The van der Waals surface area contributed by atoms with E-state index in [4.69, 9.17) is 4.74 Å². The Morgan fingerprint density at radius 1 is 1.16 bits per heavy atom. The van der Waals surface area contributed by atoms with E-state index in [0.717, 1.165) is 49.5 Å². The molecule has 3 aromatic heterocycles. The monoisotopic (exact) mass is 447 g/mol. The summed E-state index contributed by atoms with van der Waals surface area (Å²) in [5, 5.41) is 5.41. The smallest absolute Gasteiger partial charge is 0.585 e. The molecule has 0 radical (unpaired) electrons. The minimum Gasteiger partial charge on any atom is -0.585 e. The molecule has 1 saturated heterocycles. The van der Waals surface area contributed by atoms with Crippen LogP contribution in [0.25, 0.3) is 26.3 Å². The van der Waals surface area contributed by atoms with Gasteiger partial charge in [-0.05, 0) is 31.5 Å². The van der Waals surface area contributed by atoms with Crippen molar-refractivity contribution in [2.24, 2.45) is 0 Å². The Labute approximate surface area is 204 Å². The molecule has 0 aliphatic carbocycles. The van der Waals surface area contributed by atoms with Gasteiger partial charge in [-0.1, -0.05) is 23.5 Å². The van der Waals surface area contributed by atoms with Gasteiger partial charge in [-0.15, -0.1) is 5.52 Å². The predicted molar refractivity (Wildman–Crippen MR) is 117 cm³/mol. The maximum atomic E-state index is 13.1. The van der Waals surface area contributed by atoms with E-state index in [0.29, 0.717) is 28.3 Å². The van der Waals surface area contributed by atoms with Gasteiger partial charge in [-0.2, -0.15) is 0 Å². The minimum absolute atomic E-state index is 0. The van der Waals surface area contributed by atoms with E-state index in [1.807, 2.05) is 31.2 Å². The van der Waals surface area contributed by atoms with E-state index in [1.165, 1.54) is 22.1 Å². The molecule has 4 aromatic rings. The second kappa shape index (κ2) is 9.40. The van der Waals surface area contributed by atoms with Gasteiger partial charge >= 0.3 is 29.6 Å². The molecule has 0 spiro atoms. The van der Waals surface area contributed by atoms with Gasteiger partial charge in [-0.25, -0.2) is 4.98 Å². The zero-order valence-corrected chi connectivity index (χ0v) is 20.5. The SMILES string of the molecule is Cc1c2c(=O)n(-c3nc4ccccc4s3)[n-]c2cc(=O)n1CCCN1CCOCC1.[Na+]. The fourth-order valence-corrected chi connectivity index (χ4v) is 4.91. The third kappa shape index (κ3) is 4.30. The van der Waals surface area contributed by atoms with Gasteiger partial charge in [0, 0.05) is 37.3 Å². The molecular formula is C21H22N5NaO3S. The molecule has 4 heterocycles. The summed E-state index contributed by atoms with van der Waals surface area (Å²) in [5.74, 6) is 0. The number of hydrogen-bond acceptors (Lipinski definition) is 6. The third-order valence-corrected chi connectivity index (χ3v) is 6.60. The number of morpholine rings is 1. The van der Waals surface area contributed by atoms with Crippen LogP contribution in [0.3, 0.4) is 0 Å². The zero-order valence-electron chi connectivity index (χ0n) is 17.7. The molecule has 8 nitrogen and oxygen atoms in total. The summed E-state index contributed by atoms with van der Waals surface area (Å²) in [5.41, 5.74) is 1.55. The van der Waals surface area contributed by atoms with Crippen LogP contribution in [-0.2, 0) is 11.3 Å². The van der Waals surface area contributed by atoms with Crippen molar-refractivity contribution in [3.8, 4) is 5.13 Å². The van der Waals surface area contributed by atoms with E-state index < -0.39 is 0 Å². The second-order valence-corrected chi connectivity index (χ2v) is 8.48. The first kappa shape index (κ1) is 22.4. The first-order valence-electron chi connectivity index (χ1n) is 10.1. The average Bonchev–Trinajstić information content (AvgIpc) is 3.32. The summed E-state index contributed by atoms with van der Waals surface area (Å²) in [6.45, 7) is 6.67. The number of hydrogen-bond donors (Lipinski definition) is 0.